The highest BCUT2D eigenvalue weighted by Gasteiger charge is 2.41. The summed E-state index contributed by atoms with van der Waals surface area (Å²) in [4.78, 5) is 0. The molecule has 0 aliphatic heterocycles. The maximum Gasteiger partial charge on any atom is 0.205 e. The molecule has 0 radical (unpaired) electrons. The molecule has 29 heteroatoms. The van der Waals surface area contributed by atoms with E-state index in [9.17, 15) is 143 Å². The molecule has 75 heavy (non-hydrogen) atoms. The first-order valence-corrected chi connectivity index (χ1v) is 20.2. The van der Waals surface area contributed by atoms with Crippen molar-refractivity contribution in [1.82, 2.24) is 0 Å². The lowest BCUT2D eigenvalue weighted by atomic mass is 9.81. The van der Waals surface area contributed by atoms with Crippen molar-refractivity contribution in [2.75, 3.05) is 0 Å². The third-order valence-corrected chi connectivity index (χ3v) is 12.9. The van der Waals surface area contributed by atoms with Crippen LogP contribution in [-0.2, 0) is 0 Å². The number of hydrogen-bond acceptors (Lipinski definition) is 29. The molecule has 0 unspecified atom stereocenters. The van der Waals surface area contributed by atoms with Gasteiger partial charge in [-0.25, -0.2) is 0 Å². The van der Waals surface area contributed by atoms with Gasteiger partial charge >= 0.3 is 0 Å². The van der Waals surface area contributed by atoms with Crippen molar-refractivity contribution in [3.05, 3.63) is 0 Å². The van der Waals surface area contributed by atoms with E-state index in [1.165, 1.54) is 0 Å². The molecule has 29 nitrogen and oxygen atoms in total. The average molecular weight is 1040 g/mol. The van der Waals surface area contributed by atoms with Crippen LogP contribution >= 0.6 is 0 Å². The van der Waals surface area contributed by atoms with E-state index in [-0.39, 0.29) is 0 Å². The Morgan fingerprint density at radius 1 is 0.120 bits per heavy atom. The van der Waals surface area contributed by atoms with Crippen molar-refractivity contribution >= 4 is 65.0 Å². The predicted octanol–water partition coefficient (Wildman–Crippen LogP) is 4.96. The lowest BCUT2D eigenvalue weighted by molar-refractivity contribution is 0.347. The van der Waals surface area contributed by atoms with E-state index in [2.05, 4.69) is 0 Å². The number of phenolic OH excluding ortho intramolecular Hbond substituents is 28. The molecule has 1 aromatic heterocycles. The van der Waals surface area contributed by atoms with Gasteiger partial charge in [0.2, 0.25) is 57.5 Å². The maximum absolute atomic E-state index is 11.9. The van der Waals surface area contributed by atoms with E-state index in [0.29, 0.717) is 0 Å². The van der Waals surface area contributed by atoms with E-state index >= 15 is 0 Å². The van der Waals surface area contributed by atoms with Crippen LogP contribution < -0.4 is 0 Å². The highest BCUT2D eigenvalue weighted by Crippen LogP contribution is 2.70. The van der Waals surface area contributed by atoms with Crippen LogP contribution in [0.5, 0.6) is 161 Å². The normalized spacial score (nSPS) is 11.9. The van der Waals surface area contributed by atoms with Crippen LogP contribution in [0.25, 0.3) is 98.4 Å². The topological polar surface area (TPSA) is 580 Å². The second kappa shape index (κ2) is 14.4. The molecule has 10 aromatic rings. The summed E-state index contributed by atoms with van der Waals surface area (Å²) in [5.74, 6) is -46.9. The quantitative estimate of drug-likeness (QED) is 0.0631. The summed E-state index contributed by atoms with van der Waals surface area (Å²) < 4.78 is 5.56. The third kappa shape index (κ3) is 5.20. The summed E-state index contributed by atoms with van der Waals surface area (Å²) in [5.41, 5.74) is -11.3. The number of rotatable bonds is 3. The number of benzene rings is 9. The van der Waals surface area contributed by atoms with Crippen LogP contribution in [-0.4, -0.2) is 143 Å². The lowest BCUT2D eigenvalue weighted by Crippen LogP contribution is -1.97. The molecule has 0 amide bonds. The van der Waals surface area contributed by atoms with Crippen molar-refractivity contribution in [3.63, 3.8) is 0 Å². The van der Waals surface area contributed by atoms with Crippen LogP contribution in [0.4, 0.5) is 0 Å². The van der Waals surface area contributed by atoms with Gasteiger partial charge in [0.1, 0.15) is 11.5 Å². The van der Waals surface area contributed by atoms with Crippen molar-refractivity contribution < 1.29 is 147 Å². The van der Waals surface area contributed by atoms with Crippen LogP contribution in [0.3, 0.4) is 0 Å². The first-order valence-electron chi connectivity index (χ1n) is 20.2. The van der Waals surface area contributed by atoms with Crippen LogP contribution in [0.1, 0.15) is 0 Å². The van der Waals surface area contributed by atoms with Gasteiger partial charge in [-0.3, -0.25) is 0 Å². The molecule has 0 spiro atoms. The highest BCUT2D eigenvalue weighted by molar-refractivity contribution is 6.35. The summed E-state index contributed by atoms with van der Waals surface area (Å²) in [6.45, 7) is 0. The van der Waals surface area contributed by atoms with Gasteiger partial charge in [0, 0.05) is 43.6 Å². The van der Waals surface area contributed by atoms with Crippen molar-refractivity contribution in [2.24, 2.45) is 0 Å². The monoisotopic (exact) mass is 1040 g/mol. The molecule has 10 rings (SSSR count). The predicted molar refractivity (Wildman–Crippen MR) is 247 cm³/mol. The molecule has 0 saturated carbocycles. The Balaban J connectivity index is 1.48. The zero-order valence-electron chi connectivity index (χ0n) is 35.9. The van der Waals surface area contributed by atoms with E-state index in [4.69, 9.17) is 4.42 Å². The third-order valence-electron chi connectivity index (χ3n) is 12.9. The first kappa shape index (κ1) is 46.9. The summed E-state index contributed by atoms with van der Waals surface area (Å²) in [5, 5.41) is 301. The van der Waals surface area contributed by atoms with Crippen LogP contribution in [0.2, 0.25) is 0 Å². The zero-order valence-corrected chi connectivity index (χ0v) is 35.9. The molecule has 0 aliphatic carbocycles. The van der Waals surface area contributed by atoms with Gasteiger partial charge in [-0.1, -0.05) is 0 Å². The molecular weight excluding hydrogens is 1020 g/mol. The van der Waals surface area contributed by atoms with Gasteiger partial charge in [0.05, 0.1) is 43.6 Å². The molecule has 0 saturated heterocycles. The Kier molecular flexibility index (Phi) is 9.01. The Labute approximate surface area is 406 Å². The minimum Gasteiger partial charge on any atom is -0.506 e. The fourth-order valence-electron chi connectivity index (χ4n) is 9.49. The average Bonchev–Trinajstić information content (AvgIpc) is 3.78. The van der Waals surface area contributed by atoms with Gasteiger partial charge in [-0.15, -0.1) is 0 Å². The number of hydrogen-bond donors (Lipinski definition) is 28. The molecular formula is C46H28O29. The first-order chi connectivity index (χ1) is 35.0. The smallest absolute Gasteiger partial charge is 0.205 e. The second-order valence-corrected chi connectivity index (χ2v) is 16.5. The minimum atomic E-state index is -1.93. The van der Waals surface area contributed by atoms with Gasteiger partial charge in [-0.2, -0.15) is 0 Å². The van der Waals surface area contributed by atoms with E-state index in [1.54, 1.807) is 0 Å². The molecule has 9 aromatic carbocycles. The summed E-state index contributed by atoms with van der Waals surface area (Å²) in [6, 6.07) is 0. The molecule has 0 bridgehead atoms. The molecule has 1 heterocycles. The molecule has 28 N–H and O–H groups in total. The lowest BCUT2D eigenvalue weighted by Gasteiger charge is -2.25. The number of furan rings is 1. The Morgan fingerprint density at radius 2 is 0.333 bits per heavy atom. The van der Waals surface area contributed by atoms with Gasteiger partial charge in [0.25, 0.3) is 0 Å². The molecule has 0 atom stereocenters. The molecule has 0 fully saturated rings. The molecule has 0 aliphatic rings. The Bertz CT molecular complexity index is 4330. The van der Waals surface area contributed by atoms with Crippen LogP contribution in [0, 0.1) is 0 Å². The fourth-order valence-corrected chi connectivity index (χ4v) is 9.49. The largest absolute Gasteiger partial charge is 0.506 e. The maximum atomic E-state index is 11.9. The minimum absolute atomic E-state index is 1.09. The highest BCUT2D eigenvalue weighted by atomic mass is 16.4. The summed E-state index contributed by atoms with van der Waals surface area (Å²) in [6.07, 6.45) is 0. The van der Waals surface area contributed by atoms with Crippen molar-refractivity contribution in [3.8, 4) is 194 Å². The molecule has 386 valence electrons. The summed E-state index contributed by atoms with van der Waals surface area (Å²) >= 11 is 0. The van der Waals surface area contributed by atoms with Gasteiger partial charge in [-0.05, 0) is 0 Å². The Morgan fingerprint density at radius 3 is 0.707 bits per heavy atom. The van der Waals surface area contributed by atoms with Crippen molar-refractivity contribution in [2.45, 2.75) is 0 Å². The standard InChI is InChI=1S/C46H28O29/c47-17-10(26(56)29(59)14-11(17)30(60)39(69)41(71)32(14)62)13-27(57)24(54)9(25(55)28(13)58)2-5-3(19(49)35(65)37(67)21(5)51)1(4-6(2)22(52)38(68)36(66)20(4)50)7-8-16-18(48)12-15(33(63)42(72)40(70)31(12)61)34(64)46(16)75-45(8)44(74)43(73)23(7)53/h47-74H. The van der Waals surface area contributed by atoms with Gasteiger partial charge < -0.3 is 147 Å². The van der Waals surface area contributed by atoms with E-state index in [0.717, 1.165) is 0 Å². The van der Waals surface area contributed by atoms with Crippen LogP contribution in [0.15, 0.2) is 4.42 Å². The van der Waals surface area contributed by atoms with Gasteiger partial charge in [0.15, 0.2) is 103 Å². The number of aromatic hydroxyl groups is 28. The second-order valence-electron chi connectivity index (χ2n) is 16.5. The van der Waals surface area contributed by atoms with E-state index in [1.807, 2.05) is 0 Å². The SMILES string of the molecule is Oc1c(O)c(-c2c3c(O)c(O)c(O)c(O)c3c(-c3c(O)c(O)c(O)c4oc5c(O)c6c(O)c(O)c(O)c(O)c6c(O)c5c34)c3c(O)c(O)c(O)c(O)c23)c(O)c(O)c1-c1c(O)c(O)c2c(O)c(O)c(O)c(O)c2c1O. The van der Waals surface area contributed by atoms with E-state index < -0.39 is 259 Å². The summed E-state index contributed by atoms with van der Waals surface area (Å²) in [7, 11) is 0. The zero-order chi connectivity index (χ0) is 55.3. The van der Waals surface area contributed by atoms with Crippen molar-refractivity contribution in [1.29, 1.82) is 0 Å². The Hall–Kier alpha value is -11.8. The number of fused-ring (bicyclic) bond motifs is 7. The number of phenols is 28. The fraction of sp³-hybridized carbons (Fsp3) is 0.